The monoisotopic (exact) mass is 286 g/mol. The van der Waals surface area contributed by atoms with Gasteiger partial charge in [0.2, 0.25) is 5.75 Å². The van der Waals surface area contributed by atoms with Gasteiger partial charge in [0.05, 0.1) is 7.11 Å². The van der Waals surface area contributed by atoms with Gasteiger partial charge in [0, 0.05) is 12.2 Å². The third kappa shape index (κ3) is 3.62. The first-order valence-electron chi connectivity index (χ1n) is 7.12. The first kappa shape index (κ1) is 15.1. The van der Waals surface area contributed by atoms with Crippen molar-refractivity contribution in [2.24, 2.45) is 0 Å². The van der Waals surface area contributed by atoms with Gasteiger partial charge in [0.25, 0.3) is 0 Å². The number of methoxy groups -OCH3 is 1. The fourth-order valence-electron chi connectivity index (χ4n) is 1.98. The molecule has 0 amide bonds. The molecule has 0 spiro atoms. The summed E-state index contributed by atoms with van der Waals surface area (Å²) in [7, 11) is 1.63. The summed E-state index contributed by atoms with van der Waals surface area (Å²) in [6.07, 6.45) is 2.55. The van der Waals surface area contributed by atoms with Gasteiger partial charge < -0.3 is 15.4 Å². The number of nitrogens with zero attached hydrogens (tertiary/aromatic N) is 2. The summed E-state index contributed by atoms with van der Waals surface area (Å²) in [4.78, 5) is 8.51. The predicted octanol–water partition coefficient (Wildman–Crippen LogP) is 3.67. The summed E-state index contributed by atoms with van der Waals surface area (Å²) in [5, 5.41) is 6.54. The molecule has 112 valence electrons. The van der Waals surface area contributed by atoms with Gasteiger partial charge >= 0.3 is 0 Å². The van der Waals surface area contributed by atoms with E-state index in [1.807, 2.05) is 6.07 Å². The highest BCUT2D eigenvalue weighted by atomic mass is 16.5. The van der Waals surface area contributed by atoms with Crippen molar-refractivity contribution in [3.05, 3.63) is 35.7 Å². The van der Waals surface area contributed by atoms with Gasteiger partial charge in [-0.3, -0.25) is 0 Å². The van der Waals surface area contributed by atoms with E-state index in [0.717, 1.165) is 18.7 Å². The fourth-order valence-corrected chi connectivity index (χ4v) is 1.98. The first-order valence-corrected chi connectivity index (χ1v) is 7.12. The van der Waals surface area contributed by atoms with Gasteiger partial charge in [-0.2, -0.15) is 0 Å². The summed E-state index contributed by atoms with van der Waals surface area (Å²) >= 11 is 0. The molecule has 2 N–H and O–H groups in total. The number of benzene rings is 1. The summed E-state index contributed by atoms with van der Waals surface area (Å²) in [5.41, 5.74) is 3.48. The Morgan fingerprint density at radius 2 is 1.86 bits per heavy atom. The van der Waals surface area contributed by atoms with Gasteiger partial charge in [-0.1, -0.05) is 13.0 Å². The van der Waals surface area contributed by atoms with Crippen LogP contribution in [0.3, 0.4) is 0 Å². The predicted molar refractivity (Wildman–Crippen MR) is 86.6 cm³/mol. The molecule has 0 saturated heterocycles. The molecule has 0 aliphatic rings. The highest BCUT2D eigenvalue weighted by Crippen LogP contribution is 2.31. The molecule has 1 aromatic carbocycles. The van der Waals surface area contributed by atoms with Crippen LogP contribution in [0, 0.1) is 13.8 Å². The summed E-state index contributed by atoms with van der Waals surface area (Å²) < 4.78 is 5.45. The van der Waals surface area contributed by atoms with E-state index >= 15 is 0 Å². The molecule has 2 rings (SSSR count). The highest BCUT2D eigenvalue weighted by Gasteiger charge is 2.12. The van der Waals surface area contributed by atoms with Gasteiger partial charge in [-0.05, 0) is 43.5 Å². The summed E-state index contributed by atoms with van der Waals surface area (Å²) in [6, 6.07) is 6.21. The van der Waals surface area contributed by atoms with Gasteiger partial charge in [0.15, 0.2) is 11.6 Å². The second-order valence-corrected chi connectivity index (χ2v) is 4.95. The van der Waals surface area contributed by atoms with Crippen LogP contribution in [0.5, 0.6) is 5.75 Å². The lowest BCUT2D eigenvalue weighted by atomic mass is 10.1. The molecule has 0 fully saturated rings. The average molecular weight is 286 g/mol. The third-order valence-corrected chi connectivity index (χ3v) is 3.32. The van der Waals surface area contributed by atoms with Crippen LogP contribution < -0.4 is 15.4 Å². The normalized spacial score (nSPS) is 10.3. The van der Waals surface area contributed by atoms with Crippen molar-refractivity contribution in [3.63, 3.8) is 0 Å². The van der Waals surface area contributed by atoms with Crippen LogP contribution in [-0.4, -0.2) is 23.6 Å². The Hall–Kier alpha value is -2.30. The lowest BCUT2D eigenvalue weighted by Crippen LogP contribution is -2.07. The van der Waals surface area contributed by atoms with Crippen LogP contribution in [0.4, 0.5) is 17.3 Å². The lowest BCUT2D eigenvalue weighted by Gasteiger charge is -2.14. The van der Waals surface area contributed by atoms with Crippen LogP contribution in [-0.2, 0) is 0 Å². The molecule has 5 heteroatoms. The third-order valence-electron chi connectivity index (χ3n) is 3.32. The van der Waals surface area contributed by atoms with Crippen LogP contribution in [0.2, 0.25) is 0 Å². The number of aryl methyl sites for hydroxylation is 2. The molecule has 0 radical (unpaired) electrons. The van der Waals surface area contributed by atoms with Crippen LogP contribution in [0.15, 0.2) is 24.5 Å². The standard InChI is InChI=1S/C16H22N4O/c1-5-8-17-15-14(21-4)16(19-10-18-15)20-13-7-6-11(2)12(3)9-13/h6-7,9-10H,5,8H2,1-4H3,(H2,17,18,19,20). The second-order valence-electron chi connectivity index (χ2n) is 4.95. The zero-order valence-electron chi connectivity index (χ0n) is 13.0. The Labute approximate surface area is 125 Å². The molecule has 2 aromatic rings. The lowest BCUT2D eigenvalue weighted by molar-refractivity contribution is 0.415. The number of hydrogen-bond donors (Lipinski definition) is 2. The minimum Gasteiger partial charge on any atom is -0.490 e. The van der Waals surface area contributed by atoms with Crippen LogP contribution >= 0.6 is 0 Å². The topological polar surface area (TPSA) is 59.1 Å². The van der Waals surface area contributed by atoms with Gasteiger partial charge in [-0.25, -0.2) is 9.97 Å². The van der Waals surface area contributed by atoms with Crippen LogP contribution in [0.25, 0.3) is 0 Å². The molecular weight excluding hydrogens is 264 g/mol. The van der Waals surface area contributed by atoms with Crippen molar-refractivity contribution in [1.82, 2.24) is 9.97 Å². The summed E-state index contributed by atoms with van der Waals surface area (Å²) in [5.74, 6) is 2.00. The number of anilines is 3. The fraction of sp³-hybridized carbons (Fsp3) is 0.375. The Bertz CT molecular complexity index is 613. The molecule has 1 aromatic heterocycles. The Kier molecular flexibility index (Phi) is 4.98. The number of ether oxygens (including phenoxy) is 1. The first-order chi connectivity index (χ1) is 10.2. The Balaban J connectivity index is 2.28. The molecule has 21 heavy (non-hydrogen) atoms. The maximum atomic E-state index is 5.45. The number of aromatic nitrogens is 2. The molecule has 0 unspecified atom stereocenters. The quantitative estimate of drug-likeness (QED) is 0.848. The van der Waals surface area contributed by atoms with E-state index in [1.165, 1.54) is 17.5 Å². The smallest absolute Gasteiger partial charge is 0.204 e. The average Bonchev–Trinajstić information content (AvgIpc) is 2.49. The molecule has 0 atom stereocenters. The second kappa shape index (κ2) is 6.92. The maximum absolute atomic E-state index is 5.45. The SMILES string of the molecule is CCCNc1ncnc(Nc2ccc(C)c(C)c2)c1OC. The van der Waals surface area contributed by atoms with Crippen molar-refractivity contribution in [2.45, 2.75) is 27.2 Å². The van der Waals surface area contributed by atoms with Crippen molar-refractivity contribution in [2.75, 3.05) is 24.3 Å². The maximum Gasteiger partial charge on any atom is 0.204 e. The molecule has 1 heterocycles. The molecule has 0 bridgehead atoms. The molecule has 0 aliphatic heterocycles. The van der Waals surface area contributed by atoms with E-state index in [-0.39, 0.29) is 0 Å². The zero-order valence-corrected chi connectivity index (χ0v) is 13.0. The van der Waals surface area contributed by atoms with Gasteiger partial charge in [0.1, 0.15) is 6.33 Å². The number of nitrogens with one attached hydrogen (secondary N) is 2. The van der Waals surface area contributed by atoms with E-state index < -0.39 is 0 Å². The molecule has 5 nitrogen and oxygen atoms in total. The van der Waals surface area contributed by atoms with Crippen LogP contribution in [0.1, 0.15) is 24.5 Å². The largest absolute Gasteiger partial charge is 0.490 e. The number of hydrogen-bond acceptors (Lipinski definition) is 5. The molecular formula is C16H22N4O. The van der Waals surface area contributed by atoms with Gasteiger partial charge in [-0.15, -0.1) is 0 Å². The minimum absolute atomic E-state index is 0.629. The zero-order chi connectivity index (χ0) is 15.2. The van der Waals surface area contributed by atoms with E-state index in [1.54, 1.807) is 7.11 Å². The van der Waals surface area contributed by atoms with Crippen molar-refractivity contribution in [3.8, 4) is 5.75 Å². The van der Waals surface area contributed by atoms with E-state index in [4.69, 9.17) is 4.74 Å². The minimum atomic E-state index is 0.629. The van der Waals surface area contributed by atoms with Crippen molar-refractivity contribution < 1.29 is 4.74 Å². The molecule has 0 saturated carbocycles. The number of rotatable bonds is 6. The van der Waals surface area contributed by atoms with E-state index in [9.17, 15) is 0 Å². The Morgan fingerprint density at radius 1 is 1.10 bits per heavy atom. The van der Waals surface area contributed by atoms with Crippen molar-refractivity contribution >= 4 is 17.3 Å². The van der Waals surface area contributed by atoms with E-state index in [2.05, 4.69) is 53.5 Å². The van der Waals surface area contributed by atoms with E-state index in [0.29, 0.717) is 17.4 Å². The van der Waals surface area contributed by atoms with Crippen molar-refractivity contribution in [1.29, 1.82) is 0 Å². The Morgan fingerprint density at radius 3 is 2.52 bits per heavy atom. The summed E-state index contributed by atoms with van der Waals surface area (Å²) in [6.45, 7) is 7.13. The molecule has 0 aliphatic carbocycles. The highest BCUT2D eigenvalue weighted by molar-refractivity contribution is 5.69.